The molecule has 1 aromatic carbocycles. The van der Waals surface area contributed by atoms with Crippen LogP contribution >= 0.6 is 34.8 Å². The van der Waals surface area contributed by atoms with E-state index >= 15 is 0 Å². The van der Waals surface area contributed by atoms with Crippen molar-refractivity contribution in [3.63, 3.8) is 0 Å². The molecule has 2 aromatic rings. The molecule has 2 rings (SSSR count). The van der Waals surface area contributed by atoms with Crippen LogP contribution in [0.15, 0.2) is 47.6 Å². The van der Waals surface area contributed by atoms with Crippen molar-refractivity contribution in [2.24, 2.45) is 4.99 Å². The van der Waals surface area contributed by atoms with Crippen molar-refractivity contribution in [1.29, 1.82) is 5.26 Å². The quantitative estimate of drug-likeness (QED) is 0.163. The number of anilines is 1. The van der Waals surface area contributed by atoms with Crippen LogP contribution in [0.3, 0.4) is 0 Å². The molecule has 1 unspecified atom stereocenters. The van der Waals surface area contributed by atoms with Crippen LogP contribution in [-0.2, 0) is 0 Å². The summed E-state index contributed by atoms with van der Waals surface area (Å²) in [6.07, 6.45) is 1.74. The second-order valence-electron chi connectivity index (χ2n) is 5.57. The number of aliphatic imine (C=N–C) groups is 1. The van der Waals surface area contributed by atoms with Crippen LogP contribution in [0.1, 0.15) is 17.3 Å². The third-order valence-corrected chi connectivity index (χ3v) is 3.97. The van der Waals surface area contributed by atoms with Gasteiger partial charge in [0.1, 0.15) is 6.17 Å². The predicted octanol–water partition coefficient (Wildman–Crippen LogP) is 3.66. The minimum Gasteiger partial charge on any atom is -0.332 e. The number of benzene rings is 1. The first-order valence-corrected chi connectivity index (χ1v) is 8.88. The Morgan fingerprint density at radius 3 is 2.64 bits per heavy atom. The Bertz CT molecular complexity index is 908. The molecule has 28 heavy (non-hydrogen) atoms. The van der Waals surface area contributed by atoms with Gasteiger partial charge in [0.25, 0.3) is 5.91 Å². The van der Waals surface area contributed by atoms with Gasteiger partial charge in [-0.3, -0.25) is 4.79 Å². The minimum atomic E-state index is -1.49. The van der Waals surface area contributed by atoms with E-state index in [0.29, 0.717) is 10.7 Å². The fourth-order valence-corrected chi connectivity index (χ4v) is 2.41. The molecule has 0 aliphatic rings. The van der Waals surface area contributed by atoms with Crippen LogP contribution in [0, 0.1) is 17.4 Å². The summed E-state index contributed by atoms with van der Waals surface area (Å²) in [7, 11) is 0. The fourth-order valence-electron chi connectivity index (χ4n) is 2.00. The van der Waals surface area contributed by atoms with E-state index in [2.05, 4.69) is 25.9 Å². The van der Waals surface area contributed by atoms with Gasteiger partial charge in [0.15, 0.2) is 4.33 Å². The summed E-state index contributed by atoms with van der Waals surface area (Å²) in [4.78, 5) is 19.6. The van der Waals surface area contributed by atoms with E-state index in [0.717, 1.165) is 6.07 Å². The van der Waals surface area contributed by atoms with Gasteiger partial charge in [-0.05, 0) is 37.3 Å². The Morgan fingerprint density at radius 1 is 1.32 bits per heavy atom. The van der Waals surface area contributed by atoms with Crippen molar-refractivity contribution in [3.8, 4) is 6.19 Å². The van der Waals surface area contributed by atoms with Crippen molar-refractivity contribution < 1.29 is 9.18 Å². The minimum absolute atomic E-state index is 0.0835. The number of nitrogens with one attached hydrogen (secondary N) is 3. The largest absolute Gasteiger partial charge is 0.332 e. The van der Waals surface area contributed by atoms with Crippen molar-refractivity contribution in [2.45, 2.75) is 17.4 Å². The second kappa shape index (κ2) is 9.55. The lowest BCUT2D eigenvalue weighted by Gasteiger charge is -2.29. The number of alkyl halides is 2. The van der Waals surface area contributed by atoms with E-state index in [4.69, 9.17) is 40.1 Å². The highest BCUT2D eigenvalue weighted by atomic mass is 35.5. The first-order valence-electron chi connectivity index (χ1n) is 7.75. The lowest BCUT2D eigenvalue weighted by Crippen LogP contribution is -2.57. The van der Waals surface area contributed by atoms with Crippen molar-refractivity contribution >= 4 is 52.4 Å². The molecule has 0 aliphatic heterocycles. The first kappa shape index (κ1) is 21.7. The Morgan fingerprint density at radius 2 is 2.07 bits per heavy atom. The number of aromatic nitrogens is 1. The van der Waals surface area contributed by atoms with E-state index in [9.17, 15) is 9.18 Å². The summed E-state index contributed by atoms with van der Waals surface area (Å²) >= 11 is 18.2. The van der Waals surface area contributed by atoms with Gasteiger partial charge >= 0.3 is 0 Å². The van der Waals surface area contributed by atoms with Crippen LogP contribution in [0.4, 0.5) is 10.1 Å². The van der Waals surface area contributed by atoms with Crippen LogP contribution in [-0.4, -0.2) is 27.3 Å². The SMILES string of the molecule is CC(Cl)(Cl)C(NC(=O)c1cccc(Cl)c1)N/C(=N/C#N)Nc1ccc(F)nc1. The van der Waals surface area contributed by atoms with Crippen molar-refractivity contribution in [2.75, 3.05) is 5.32 Å². The molecule has 1 atom stereocenters. The summed E-state index contributed by atoms with van der Waals surface area (Å²) in [5.41, 5.74) is 0.625. The number of nitriles is 1. The Balaban J connectivity index is 2.19. The van der Waals surface area contributed by atoms with Crippen LogP contribution < -0.4 is 16.0 Å². The summed E-state index contributed by atoms with van der Waals surface area (Å²) < 4.78 is 11.4. The summed E-state index contributed by atoms with van der Waals surface area (Å²) in [6, 6.07) is 8.78. The maximum Gasteiger partial charge on any atom is 0.253 e. The van der Waals surface area contributed by atoms with Crippen LogP contribution in [0.2, 0.25) is 5.02 Å². The number of amides is 1. The van der Waals surface area contributed by atoms with Crippen molar-refractivity contribution in [1.82, 2.24) is 15.6 Å². The van der Waals surface area contributed by atoms with E-state index in [1.807, 2.05) is 0 Å². The molecule has 0 saturated carbocycles. The first-order chi connectivity index (χ1) is 13.2. The molecule has 11 heteroatoms. The third kappa shape index (κ3) is 6.53. The normalized spacial score (nSPS) is 12.6. The molecule has 1 amide bonds. The molecule has 0 bridgehead atoms. The number of carbonyl (C=O) groups is 1. The molecule has 146 valence electrons. The molecule has 7 nitrogen and oxygen atoms in total. The van der Waals surface area contributed by atoms with Gasteiger partial charge in [-0.15, -0.1) is 4.99 Å². The Hall–Kier alpha value is -2.60. The van der Waals surface area contributed by atoms with Gasteiger partial charge in [-0.2, -0.15) is 9.65 Å². The molecular weight excluding hydrogens is 430 g/mol. The molecule has 1 aromatic heterocycles. The zero-order chi connectivity index (χ0) is 20.7. The number of halogens is 4. The van der Waals surface area contributed by atoms with Crippen molar-refractivity contribution in [3.05, 3.63) is 59.1 Å². The lowest BCUT2D eigenvalue weighted by atomic mass is 10.2. The highest BCUT2D eigenvalue weighted by Crippen LogP contribution is 2.23. The molecule has 0 radical (unpaired) electrons. The van der Waals surface area contributed by atoms with Gasteiger partial charge in [-0.25, -0.2) is 4.98 Å². The fraction of sp³-hybridized carbons (Fsp3) is 0.176. The number of nitrogens with zero attached hydrogens (tertiary/aromatic N) is 3. The standard InChI is InChI=1S/C17H14Cl3FN6O/c1-17(19,20)15(26-14(28)10-3-2-4-11(18)7-10)27-16(24-9-22)25-12-5-6-13(21)23-8-12/h2-8,15H,1H3,(H,26,28)(H2,24,25,27). The smallest absolute Gasteiger partial charge is 0.253 e. The summed E-state index contributed by atoms with van der Waals surface area (Å²) in [6.45, 7) is 1.44. The van der Waals surface area contributed by atoms with Gasteiger partial charge in [0.05, 0.1) is 11.9 Å². The number of hydrogen-bond donors (Lipinski definition) is 3. The molecule has 0 spiro atoms. The highest BCUT2D eigenvalue weighted by molar-refractivity contribution is 6.48. The Labute approximate surface area is 175 Å². The number of pyridine rings is 1. The average molecular weight is 444 g/mol. The summed E-state index contributed by atoms with van der Waals surface area (Å²) in [5.74, 6) is -1.26. The molecule has 0 fully saturated rings. The maximum absolute atomic E-state index is 12.9. The van der Waals surface area contributed by atoms with E-state index in [1.54, 1.807) is 24.4 Å². The van der Waals surface area contributed by atoms with Crippen LogP contribution in [0.25, 0.3) is 0 Å². The number of guanidine groups is 1. The topological polar surface area (TPSA) is 102 Å². The molecular formula is C17H14Cl3FN6O. The zero-order valence-corrected chi connectivity index (χ0v) is 16.6. The van der Waals surface area contributed by atoms with Gasteiger partial charge in [-0.1, -0.05) is 40.9 Å². The number of rotatable bonds is 5. The maximum atomic E-state index is 12.9. The van der Waals surface area contributed by atoms with Gasteiger partial charge in [0.2, 0.25) is 18.1 Å². The third-order valence-electron chi connectivity index (χ3n) is 3.30. The predicted molar refractivity (Wildman–Crippen MR) is 107 cm³/mol. The zero-order valence-electron chi connectivity index (χ0n) is 14.4. The van der Waals surface area contributed by atoms with E-state index in [1.165, 1.54) is 25.3 Å². The second-order valence-corrected chi connectivity index (χ2v) is 7.77. The molecule has 1 heterocycles. The van der Waals surface area contributed by atoms with Crippen LogP contribution in [0.5, 0.6) is 0 Å². The van der Waals surface area contributed by atoms with E-state index < -0.39 is 22.4 Å². The average Bonchev–Trinajstić information content (AvgIpc) is 2.62. The summed E-state index contributed by atoms with van der Waals surface area (Å²) in [5, 5.41) is 17.4. The molecule has 3 N–H and O–H groups in total. The molecule has 0 saturated heterocycles. The monoisotopic (exact) mass is 442 g/mol. The van der Waals surface area contributed by atoms with E-state index in [-0.39, 0.29) is 11.5 Å². The lowest BCUT2D eigenvalue weighted by molar-refractivity contribution is 0.0931. The highest BCUT2D eigenvalue weighted by Gasteiger charge is 2.32. The van der Waals surface area contributed by atoms with Gasteiger partial charge in [0, 0.05) is 10.6 Å². The van der Waals surface area contributed by atoms with Gasteiger partial charge < -0.3 is 16.0 Å². The Kier molecular flexibility index (Phi) is 7.40. The number of hydrogen-bond acceptors (Lipinski definition) is 4. The molecule has 0 aliphatic carbocycles. The number of carbonyl (C=O) groups excluding carboxylic acids is 1.